The molecule has 0 aliphatic heterocycles. The summed E-state index contributed by atoms with van der Waals surface area (Å²) < 4.78 is 43.2. The number of anilines is 1. The minimum absolute atomic E-state index is 0.164. The summed E-state index contributed by atoms with van der Waals surface area (Å²) in [4.78, 5) is 4.67. The van der Waals surface area contributed by atoms with E-state index in [-0.39, 0.29) is 11.4 Å². The Labute approximate surface area is 109 Å². The Kier molecular flexibility index (Phi) is 2.53. The van der Waals surface area contributed by atoms with Gasteiger partial charge in [0, 0.05) is 0 Å². The van der Waals surface area contributed by atoms with Crippen LogP contribution in [0.3, 0.4) is 0 Å². The van der Waals surface area contributed by atoms with E-state index in [9.17, 15) is 13.2 Å². The maximum absolute atomic E-state index is 12.6. The van der Waals surface area contributed by atoms with E-state index in [1.54, 1.807) is 11.4 Å². The first-order valence-corrected chi connectivity index (χ1v) is 6.14. The molecular weight excluding hydrogens is 277 g/mol. The predicted molar refractivity (Wildman–Crippen MR) is 66.7 cm³/mol. The van der Waals surface area contributed by atoms with Gasteiger partial charge in [-0.1, -0.05) is 0 Å². The fourth-order valence-electron chi connectivity index (χ4n) is 1.69. The van der Waals surface area contributed by atoms with Crippen molar-refractivity contribution in [2.45, 2.75) is 6.18 Å². The van der Waals surface area contributed by atoms with Crippen LogP contribution in [0.5, 0.6) is 0 Å². The van der Waals surface area contributed by atoms with Gasteiger partial charge in [-0.15, -0.1) is 11.3 Å². The number of alkyl halides is 3. The van der Waals surface area contributed by atoms with Crippen molar-refractivity contribution in [2.24, 2.45) is 0 Å². The molecule has 3 rings (SSSR count). The van der Waals surface area contributed by atoms with Gasteiger partial charge in [-0.25, -0.2) is 4.98 Å². The predicted octanol–water partition coefficient (Wildman–Crippen LogP) is 4.16. The number of benzene rings is 1. The first-order chi connectivity index (χ1) is 8.95. The first kappa shape index (κ1) is 12.0. The summed E-state index contributed by atoms with van der Waals surface area (Å²) in [6.07, 6.45) is -4.39. The van der Waals surface area contributed by atoms with Gasteiger partial charge in [0.05, 0.1) is 11.3 Å². The Morgan fingerprint density at radius 1 is 1.21 bits per heavy atom. The zero-order valence-electron chi connectivity index (χ0n) is 9.36. The van der Waals surface area contributed by atoms with E-state index in [2.05, 4.69) is 4.98 Å². The maximum Gasteiger partial charge on any atom is 0.416 e. The van der Waals surface area contributed by atoms with Crippen LogP contribution < -0.4 is 5.73 Å². The SMILES string of the molecule is Nc1ccsc1-c1nc2cc(C(F)(F)F)ccc2o1. The van der Waals surface area contributed by atoms with E-state index in [4.69, 9.17) is 10.2 Å². The fourth-order valence-corrected chi connectivity index (χ4v) is 2.44. The third-order valence-electron chi connectivity index (χ3n) is 2.60. The summed E-state index contributed by atoms with van der Waals surface area (Å²) in [7, 11) is 0. The van der Waals surface area contributed by atoms with Gasteiger partial charge in [0.25, 0.3) is 0 Å². The van der Waals surface area contributed by atoms with Gasteiger partial charge < -0.3 is 10.2 Å². The molecule has 0 amide bonds. The molecule has 0 radical (unpaired) electrons. The second kappa shape index (κ2) is 3.99. The zero-order valence-corrected chi connectivity index (χ0v) is 10.2. The van der Waals surface area contributed by atoms with Gasteiger partial charge in [-0.05, 0) is 29.6 Å². The third-order valence-corrected chi connectivity index (χ3v) is 3.52. The van der Waals surface area contributed by atoms with Crippen molar-refractivity contribution in [3.8, 4) is 10.8 Å². The molecule has 98 valence electrons. The number of nitrogens with zero attached hydrogens (tertiary/aromatic N) is 1. The molecule has 3 aromatic rings. The summed E-state index contributed by atoms with van der Waals surface area (Å²) >= 11 is 1.32. The number of hydrogen-bond donors (Lipinski definition) is 1. The Hall–Kier alpha value is -2.02. The molecule has 3 nitrogen and oxygen atoms in total. The second-order valence-corrected chi connectivity index (χ2v) is 4.82. The summed E-state index contributed by atoms with van der Waals surface area (Å²) in [5.41, 5.74) is 5.93. The van der Waals surface area contributed by atoms with Crippen molar-refractivity contribution in [3.63, 3.8) is 0 Å². The average Bonchev–Trinajstić information content (AvgIpc) is 2.91. The molecule has 0 spiro atoms. The van der Waals surface area contributed by atoms with Gasteiger partial charge >= 0.3 is 6.18 Å². The summed E-state index contributed by atoms with van der Waals surface area (Å²) in [5.74, 6) is 0.238. The molecule has 0 unspecified atom stereocenters. The van der Waals surface area contributed by atoms with Gasteiger partial charge in [-0.3, -0.25) is 0 Å². The topological polar surface area (TPSA) is 52.0 Å². The number of nitrogens with two attached hydrogens (primary N) is 1. The number of nitrogen functional groups attached to an aromatic ring is 1. The van der Waals surface area contributed by atoms with E-state index in [1.807, 2.05) is 0 Å². The van der Waals surface area contributed by atoms with Crippen molar-refractivity contribution in [1.82, 2.24) is 4.98 Å². The van der Waals surface area contributed by atoms with Crippen molar-refractivity contribution < 1.29 is 17.6 Å². The number of aromatic nitrogens is 1. The minimum atomic E-state index is -4.39. The van der Waals surface area contributed by atoms with Gasteiger partial charge in [0.2, 0.25) is 5.89 Å². The number of rotatable bonds is 1. The van der Waals surface area contributed by atoms with E-state index in [1.165, 1.54) is 17.4 Å². The second-order valence-electron chi connectivity index (χ2n) is 3.90. The van der Waals surface area contributed by atoms with Crippen LogP contribution in [0, 0.1) is 0 Å². The third kappa shape index (κ3) is 2.06. The highest BCUT2D eigenvalue weighted by atomic mass is 32.1. The Bertz CT molecular complexity index is 745. The van der Waals surface area contributed by atoms with Crippen LogP contribution in [0.1, 0.15) is 5.56 Å². The summed E-state index contributed by atoms with van der Waals surface area (Å²) in [6.45, 7) is 0. The molecule has 2 heterocycles. The van der Waals surface area contributed by atoms with Gasteiger partial charge in [0.15, 0.2) is 5.58 Å². The highest BCUT2D eigenvalue weighted by molar-refractivity contribution is 7.14. The van der Waals surface area contributed by atoms with Crippen LogP contribution in [-0.2, 0) is 6.18 Å². The molecule has 0 bridgehead atoms. The summed E-state index contributed by atoms with van der Waals surface area (Å²) in [6, 6.07) is 4.88. The highest BCUT2D eigenvalue weighted by Crippen LogP contribution is 2.35. The molecule has 19 heavy (non-hydrogen) atoms. The number of oxazole rings is 1. The van der Waals surface area contributed by atoms with Crippen LogP contribution in [0.2, 0.25) is 0 Å². The zero-order chi connectivity index (χ0) is 13.6. The first-order valence-electron chi connectivity index (χ1n) is 5.26. The maximum atomic E-state index is 12.6. The van der Waals surface area contributed by atoms with E-state index >= 15 is 0 Å². The number of thiophene rings is 1. The Balaban J connectivity index is 2.14. The lowest BCUT2D eigenvalue weighted by molar-refractivity contribution is -0.137. The van der Waals surface area contributed by atoms with Crippen molar-refractivity contribution in [2.75, 3.05) is 5.73 Å². The van der Waals surface area contributed by atoms with Crippen LogP contribution in [0.25, 0.3) is 21.9 Å². The van der Waals surface area contributed by atoms with E-state index < -0.39 is 11.7 Å². The van der Waals surface area contributed by atoms with Crippen LogP contribution in [-0.4, -0.2) is 4.98 Å². The lowest BCUT2D eigenvalue weighted by Crippen LogP contribution is -2.03. The van der Waals surface area contributed by atoms with Crippen LogP contribution in [0.4, 0.5) is 18.9 Å². The fraction of sp³-hybridized carbons (Fsp3) is 0.0833. The van der Waals surface area contributed by atoms with Crippen LogP contribution in [0.15, 0.2) is 34.1 Å². The molecule has 0 aliphatic carbocycles. The molecule has 0 saturated carbocycles. The lowest BCUT2D eigenvalue weighted by atomic mass is 10.2. The molecule has 1 aromatic carbocycles. The van der Waals surface area contributed by atoms with Crippen molar-refractivity contribution >= 4 is 28.1 Å². The van der Waals surface area contributed by atoms with Gasteiger partial charge in [0.1, 0.15) is 10.4 Å². The molecule has 2 N–H and O–H groups in total. The number of fused-ring (bicyclic) bond motifs is 1. The standard InChI is InChI=1S/C12H7F3N2OS/c13-12(14,15)6-1-2-9-8(5-6)17-11(18-9)10-7(16)3-4-19-10/h1-5H,16H2. The Morgan fingerprint density at radius 2 is 2.00 bits per heavy atom. The van der Waals surface area contributed by atoms with Crippen molar-refractivity contribution in [3.05, 3.63) is 35.2 Å². The van der Waals surface area contributed by atoms with Crippen molar-refractivity contribution in [1.29, 1.82) is 0 Å². The number of halogens is 3. The largest absolute Gasteiger partial charge is 0.435 e. The highest BCUT2D eigenvalue weighted by Gasteiger charge is 2.31. The molecule has 2 aromatic heterocycles. The summed E-state index contributed by atoms with van der Waals surface area (Å²) in [5, 5.41) is 1.76. The molecule has 0 aliphatic rings. The molecule has 0 fully saturated rings. The Morgan fingerprint density at radius 3 is 2.63 bits per heavy atom. The van der Waals surface area contributed by atoms with E-state index in [0.29, 0.717) is 16.1 Å². The molecule has 7 heteroatoms. The molecule has 0 saturated heterocycles. The molecule has 0 atom stereocenters. The minimum Gasteiger partial charge on any atom is -0.435 e. The van der Waals surface area contributed by atoms with Crippen LogP contribution >= 0.6 is 11.3 Å². The normalized spacial score (nSPS) is 12.2. The van der Waals surface area contributed by atoms with E-state index in [0.717, 1.165) is 12.1 Å². The molecular formula is C12H7F3N2OS. The quantitative estimate of drug-likeness (QED) is 0.730. The smallest absolute Gasteiger partial charge is 0.416 e. The van der Waals surface area contributed by atoms with Gasteiger partial charge in [-0.2, -0.15) is 13.2 Å². The lowest BCUT2D eigenvalue weighted by Gasteiger charge is -2.04. The average molecular weight is 284 g/mol. The number of hydrogen-bond acceptors (Lipinski definition) is 4. The monoisotopic (exact) mass is 284 g/mol.